The van der Waals surface area contributed by atoms with E-state index < -0.39 is 0 Å². The molecule has 0 unspecified atom stereocenters. The van der Waals surface area contributed by atoms with Crippen molar-refractivity contribution in [3.05, 3.63) is 255 Å². The van der Waals surface area contributed by atoms with Crippen molar-refractivity contribution in [1.29, 1.82) is 0 Å². The van der Waals surface area contributed by atoms with Crippen LogP contribution in [0.1, 0.15) is 0 Å². The molecule has 16 aromatic rings. The van der Waals surface area contributed by atoms with E-state index in [1.165, 1.54) is 21.5 Å². The summed E-state index contributed by atoms with van der Waals surface area (Å²) in [5.41, 5.74) is 17.3. The summed E-state index contributed by atoms with van der Waals surface area (Å²) in [5, 5.41) is 9.25. The number of fused-ring (bicyclic) bond motifs is 12. The third kappa shape index (κ3) is 8.15. The monoisotopic (exact) mass is 1360 g/mol. The SMILES string of the molecule is [Pt+2].[Pt+2].[c-]1c(-c2cccc(-c3cccc4c3[n-]c3ccccc34)n2)cccc1-n1c2ccccc2c2cccnc21.[c-]1c(-c2cccc(-c3cccc4c3[n-]c3ccccc34)n2)cccc1-n1c2ccccc2c2cccnc21. The molecular weight excluding hydrogens is 1320 g/mol. The fourth-order valence-corrected chi connectivity index (χ4v) is 11.0. The number of aromatic nitrogens is 8. The molecule has 8 heterocycles. The summed E-state index contributed by atoms with van der Waals surface area (Å²) in [6.45, 7) is 0. The first kappa shape index (κ1) is 48.6. The van der Waals surface area contributed by atoms with Crippen LogP contribution in [0.3, 0.4) is 0 Å². The summed E-state index contributed by atoms with van der Waals surface area (Å²) in [5.74, 6) is 0. The Bertz CT molecular complexity index is 4510. The van der Waals surface area contributed by atoms with Crippen molar-refractivity contribution in [3.63, 3.8) is 0 Å². The average Bonchev–Trinajstić information content (AvgIpc) is 4.40. The second-order valence-electron chi connectivity index (χ2n) is 18.8. The molecule has 8 aromatic carbocycles. The number of hydrogen-bond acceptors (Lipinski definition) is 4. The van der Waals surface area contributed by atoms with E-state index in [9.17, 15) is 0 Å². The molecular formula is C68H40N8Pt2. The molecule has 0 bridgehead atoms. The summed E-state index contributed by atoms with van der Waals surface area (Å²) in [7, 11) is 0. The van der Waals surface area contributed by atoms with Gasteiger partial charge >= 0.3 is 42.1 Å². The van der Waals surface area contributed by atoms with E-state index in [4.69, 9.17) is 29.9 Å². The van der Waals surface area contributed by atoms with Crippen molar-refractivity contribution >= 4 is 87.5 Å². The third-order valence-electron chi connectivity index (χ3n) is 14.4. The predicted molar refractivity (Wildman–Crippen MR) is 309 cm³/mol. The first-order valence-corrected chi connectivity index (χ1v) is 25.3. The van der Waals surface area contributed by atoms with Gasteiger partial charge in [-0.1, -0.05) is 146 Å². The van der Waals surface area contributed by atoms with Crippen molar-refractivity contribution in [2.45, 2.75) is 0 Å². The van der Waals surface area contributed by atoms with Crippen LogP contribution in [0.5, 0.6) is 0 Å². The molecule has 78 heavy (non-hydrogen) atoms. The fraction of sp³-hybridized carbons (Fsp3) is 0. The van der Waals surface area contributed by atoms with Crippen LogP contribution in [0.4, 0.5) is 0 Å². The van der Waals surface area contributed by atoms with Gasteiger partial charge in [0.25, 0.3) is 0 Å². The maximum absolute atomic E-state index is 5.08. The van der Waals surface area contributed by atoms with Gasteiger partial charge in [0.05, 0.1) is 22.4 Å². The van der Waals surface area contributed by atoms with Gasteiger partial charge in [0.15, 0.2) is 0 Å². The number of benzene rings is 8. The Balaban J connectivity index is 0.000000145. The molecule has 0 N–H and O–H groups in total. The van der Waals surface area contributed by atoms with E-state index in [2.05, 4.69) is 215 Å². The standard InChI is InChI=1S/2C34H20N4.2Pt/c2*1-3-16-30-24(11-1)26-13-6-14-28(33(26)37-30)31-18-7-17-29(36-31)22-9-5-10-23(21-22)38-32-19-4-2-12-25(32)27-15-8-20-35-34(27)38;;/h2*1-20H;;/q2*-2;2*+2. The van der Waals surface area contributed by atoms with Crippen LogP contribution < -0.4 is 9.97 Å². The van der Waals surface area contributed by atoms with E-state index in [-0.39, 0.29) is 42.1 Å². The minimum atomic E-state index is 0. The largest absolute Gasteiger partial charge is 2.00 e. The minimum absolute atomic E-state index is 0. The van der Waals surface area contributed by atoms with Gasteiger partial charge in [0.2, 0.25) is 0 Å². The van der Waals surface area contributed by atoms with E-state index in [1.54, 1.807) is 0 Å². The molecule has 0 amide bonds. The average molecular weight is 1360 g/mol. The molecule has 0 saturated carbocycles. The van der Waals surface area contributed by atoms with Gasteiger partial charge in [-0.05, 0) is 104 Å². The quantitative estimate of drug-likeness (QED) is 0.154. The Kier molecular flexibility index (Phi) is 12.5. The van der Waals surface area contributed by atoms with Gasteiger partial charge in [0, 0.05) is 33.9 Å². The summed E-state index contributed by atoms with van der Waals surface area (Å²) in [6.07, 6.45) is 3.68. The molecule has 0 fully saturated rings. The first-order valence-electron chi connectivity index (χ1n) is 25.3. The fourth-order valence-electron chi connectivity index (χ4n) is 11.0. The van der Waals surface area contributed by atoms with Crippen molar-refractivity contribution in [3.8, 4) is 56.4 Å². The van der Waals surface area contributed by atoms with Crippen molar-refractivity contribution in [2.75, 3.05) is 0 Å². The zero-order chi connectivity index (χ0) is 50.1. The molecule has 0 atom stereocenters. The minimum Gasteiger partial charge on any atom is -0.656 e. The smallest absolute Gasteiger partial charge is 0.656 e. The van der Waals surface area contributed by atoms with Gasteiger partial charge < -0.3 is 19.1 Å². The van der Waals surface area contributed by atoms with Crippen LogP contribution >= 0.6 is 0 Å². The number of rotatable bonds is 6. The van der Waals surface area contributed by atoms with E-state index in [0.717, 1.165) is 122 Å². The van der Waals surface area contributed by atoms with Crippen LogP contribution in [-0.4, -0.2) is 29.1 Å². The van der Waals surface area contributed by atoms with Gasteiger partial charge in [-0.3, -0.25) is 9.97 Å². The Labute approximate surface area is 476 Å². The van der Waals surface area contributed by atoms with E-state index in [0.29, 0.717) is 0 Å². The van der Waals surface area contributed by atoms with Crippen molar-refractivity contribution in [1.82, 2.24) is 39.0 Å². The zero-order valence-corrected chi connectivity index (χ0v) is 45.8. The van der Waals surface area contributed by atoms with Crippen LogP contribution in [0.2, 0.25) is 0 Å². The van der Waals surface area contributed by atoms with Gasteiger partial charge in [-0.25, -0.2) is 9.97 Å². The number of para-hydroxylation sites is 6. The van der Waals surface area contributed by atoms with Crippen LogP contribution in [-0.2, 0) is 42.1 Å². The predicted octanol–water partition coefficient (Wildman–Crippen LogP) is 15.9. The van der Waals surface area contributed by atoms with Crippen molar-refractivity contribution in [2.24, 2.45) is 0 Å². The van der Waals surface area contributed by atoms with Gasteiger partial charge in [0.1, 0.15) is 11.3 Å². The summed E-state index contributed by atoms with van der Waals surface area (Å²) in [6, 6.07) is 86.2. The maximum Gasteiger partial charge on any atom is 2.00 e. The normalized spacial score (nSPS) is 11.4. The summed E-state index contributed by atoms with van der Waals surface area (Å²) >= 11 is 0. The third-order valence-corrected chi connectivity index (χ3v) is 14.4. The molecule has 10 heteroatoms. The molecule has 0 aliphatic rings. The zero-order valence-electron chi connectivity index (χ0n) is 41.3. The number of nitrogens with zero attached hydrogens (tertiary/aromatic N) is 8. The molecule has 0 aliphatic heterocycles. The Hall–Kier alpha value is -9.06. The first-order chi connectivity index (χ1) is 37.7. The molecule has 0 spiro atoms. The summed E-state index contributed by atoms with van der Waals surface area (Å²) in [4.78, 5) is 29.5. The maximum atomic E-state index is 5.08. The Morgan fingerprint density at radius 2 is 0.679 bits per heavy atom. The summed E-state index contributed by atoms with van der Waals surface area (Å²) < 4.78 is 4.36. The molecule has 0 radical (unpaired) electrons. The second kappa shape index (κ2) is 20.1. The Morgan fingerprint density at radius 1 is 0.308 bits per heavy atom. The van der Waals surface area contributed by atoms with Crippen LogP contribution in [0.15, 0.2) is 243 Å². The van der Waals surface area contributed by atoms with Crippen molar-refractivity contribution < 1.29 is 42.1 Å². The molecule has 372 valence electrons. The number of pyridine rings is 4. The molecule has 0 aliphatic carbocycles. The topological polar surface area (TPSA) is 89.6 Å². The molecule has 16 rings (SSSR count). The van der Waals surface area contributed by atoms with E-state index >= 15 is 0 Å². The second-order valence-corrected chi connectivity index (χ2v) is 18.8. The van der Waals surface area contributed by atoms with Gasteiger partial charge in [-0.15, -0.1) is 81.7 Å². The van der Waals surface area contributed by atoms with Gasteiger partial charge in [-0.2, -0.15) is 0 Å². The van der Waals surface area contributed by atoms with Crippen LogP contribution in [0, 0.1) is 12.1 Å². The van der Waals surface area contributed by atoms with Crippen LogP contribution in [0.25, 0.3) is 144 Å². The molecule has 8 nitrogen and oxygen atoms in total. The molecule has 0 saturated heterocycles. The number of hydrogen-bond donors (Lipinski definition) is 0. The van der Waals surface area contributed by atoms with E-state index in [1.807, 2.05) is 48.8 Å². The molecule has 8 aromatic heterocycles. The Morgan fingerprint density at radius 3 is 1.15 bits per heavy atom.